The van der Waals surface area contributed by atoms with Crippen molar-refractivity contribution in [3.8, 4) is 11.3 Å². The van der Waals surface area contributed by atoms with Gasteiger partial charge in [0, 0.05) is 17.9 Å². The molecule has 4 aromatic heterocycles. The van der Waals surface area contributed by atoms with Gasteiger partial charge in [-0.3, -0.25) is 4.98 Å². The van der Waals surface area contributed by atoms with E-state index < -0.39 is 36.4 Å². The molecule has 0 fully saturated rings. The molecule has 32 heavy (non-hydrogen) atoms. The van der Waals surface area contributed by atoms with E-state index in [1.54, 1.807) is 24.4 Å². The molecule has 0 atom stereocenters. The summed E-state index contributed by atoms with van der Waals surface area (Å²) in [6.07, 6.45) is 3.28. The maximum atomic E-state index is 13.1. The van der Waals surface area contributed by atoms with Crippen molar-refractivity contribution < 1.29 is 27.6 Å². The minimum absolute atomic E-state index is 0.201. The van der Waals surface area contributed by atoms with Gasteiger partial charge in [-0.2, -0.15) is 27.5 Å². The third-order valence-electron chi connectivity index (χ3n) is 3.51. The fourth-order valence-corrected chi connectivity index (χ4v) is 2.35. The monoisotopic (exact) mass is 508 g/mol. The fourth-order valence-electron chi connectivity index (χ4n) is 2.08. The summed E-state index contributed by atoms with van der Waals surface area (Å²) in [6, 6.07) is 15.0. The van der Waals surface area contributed by atoms with Gasteiger partial charge < -0.3 is 10.0 Å². The summed E-state index contributed by atoms with van der Waals surface area (Å²) in [5.74, 6) is -3.88. The van der Waals surface area contributed by atoms with Crippen molar-refractivity contribution in [1.82, 2.24) is 19.9 Å². The lowest BCUT2D eigenvalue weighted by atomic mass is 9.81. The Morgan fingerprint density at radius 1 is 0.688 bits per heavy atom. The third-order valence-corrected chi connectivity index (χ3v) is 3.98. The summed E-state index contributed by atoms with van der Waals surface area (Å²) in [5.41, 5.74) is 0.205. The van der Waals surface area contributed by atoms with E-state index in [0.717, 1.165) is 22.8 Å². The molecule has 6 nitrogen and oxygen atoms in total. The summed E-state index contributed by atoms with van der Waals surface area (Å²) >= 11 is 3.20. The second-order valence-electron chi connectivity index (χ2n) is 5.73. The molecule has 0 aliphatic carbocycles. The quantitative estimate of drug-likeness (QED) is 0.245. The number of hydrogen-bond acceptors (Lipinski definition) is 6. The zero-order valence-corrected chi connectivity index (χ0v) is 17.7. The van der Waals surface area contributed by atoms with Crippen LogP contribution < -0.4 is 5.46 Å². The summed E-state index contributed by atoms with van der Waals surface area (Å²) in [7, 11) is -1.96. The van der Waals surface area contributed by atoms with Gasteiger partial charge in [0.25, 0.3) is 0 Å². The second-order valence-corrected chi connectivity index (χ2v) is 6.54. The molecule has 0 radical (unpaired) electrons. The zero-order chi connectivity index (χ0) is 23.5. The first-order valence-electron chi connectivity index (χ1n) is 8.76. The molecule has 0 saturated carbocycles. The van der Waals surface area contributed by atoms with Crippen molar-refractivity contribution in [3.05, 3.63) is 101 Å². The van der Waals surface area contributed by atoms with E-state index in [1.165, 1.54) is 12.3 Å². The van der Waals surface area contributed by atoms with Crippen LogP contribution in [-0.2, 0) is 0 Å². The Morgan fingerprint density at radius 2 is 1.28 bits per heavy atom. The van der Waals surface area contributed by atoms with E-state index in [-0.39, 0.29) is 5.56 Å². The van der Waals surface area contributed by atoms with Crippen LogP contribution in [0.1, 0.15) is 0 Å². The van der Waals surface area contributed by atoms with Gasteiger partial charge in [-0.05, 0) is 58.4 Å². The maximum Gasteiger partial charge on any atom is 0.493 e. The van der Waals surface area contributed by atoms with Crippen LogP contribution in [0, 0.1) is 23.8 Å². The predicted octanol–water partition coefficient (Wildman–Crippen LogP) is 3.31. The molecule has 4 heterocycles. The van der Waals surface area contributed by atoms with E-state index in [9.17, 15) is 17.6 Å². The Kier molecular flexibility index (Phi) is 9.86. The van der Waals surface area contributed by atoms with Crippen molar-refractivity contribution in [2.75, 3.05) is 0 Å². The molecule has 0 aliphatic rings. The predicted molar refractivity (Wildman–Crippen MR) is 113 cm³/mol. The molecule has 164 valence electrons. The van der Waals surface area contributed by atoms with E-state index in [0.29, 0.717) is 5.69 Å². The molecule has 12 heteroatoms. The molecular weight excluding hydrogens is 495 g/mol. The van der Waals surface area contributed by atoms with Crippen LogP contribution in [0.4, 0.5) is 17.6 Å². The molecule has 4 rings (SSSR count). The van der Waals surface area contributed by atoms with Gasteiger partial charge in [0.15, 0.2) is 0 Å². The van der Waals surface area contributed by atoms with E-state index >= 15 is 0 Å². The summed E-state index contributed by atoms with van der Waals surface area (Å²) < 4.78 is 51.0. The lowest BCUT2D eigenvalue weighted by Crippen LogP contribution is -2.33. The van der Waals surface area contributed by atoms with Crippen molar-refractivity contribution in [1.29, 1.82) is 0 Å². The largest absolute Gasteiger partial charge is 0.493 e. The zero-order valence-electron chi connectivity index (χ0n) is 16.1. The van der Waals surface area contributed by atoms with Crippen LogP contribution in [0.25, 0.3) is 11.3 Å². The Balaban J connectivity index is 0.000000180. The van der Waals surface area contributed by atoms with Crippen LogP contribution in [-0.4, -0.2) is 37.1 Å². The number of nitrogens with zero attached hydrogens (tertiary/aromatic N) is 4. The average molecular weight is 509 g/mol. The van der Waals surface area contributed by atoms with E-state index in [2.05, 4.69) is 35.9 Å². The molecule has 0 spiro atoms. The van der Waals surface area contributed by atoms with Gasteiger partial charge in [0.2, 0.25) is 23.8 Å². The highest BCUT2D eigenvalue weighted by Crippen LogP contribution is 2.18. The van der Waals surface area contributed by atoms with Gasteiger partial charge in [0.1, 0.15) is 4.60 Å². The first-order chi connectivity index (χ1) is 15.3. The van der Waals surface area contributed by atoms with Crippen LogP contribution in [0.3, 0.4) is 0 Å². The van der Waals surface area contributed by atoms with Crippen LogP contribution in [0.15, 0.2) is 77.7 Å². The summed E-state index contributed by atoms with van der Waals surface area (Å²) in [6.45, 7) is 0. The lowest BCUT2D eigenvalue weighted by Gasteiger charge is -2.00. The number of pyridine rings is 4. The second kappa shape index (κ2) is 12.6. The molecular formula is C20H14BBrF4N4O2. The summed E-state index contributed by atoms with van der Waals surface area (Å²) in [5, 5.41) is 16.9. The maximum absolute atomic E-state index is 13.1. The minimum atomic E-state index is -1.96. The molecule has 0 bridgehead atoms. The molecule has 4 aromatic rings. The number of aromatic nitrogens is 4. The topological polar surface area (TPSA) is 92.0 Å². The van der Waals surface area contributed by atoms with Crippen molar-refractivity contribution in [2.45, 2.75) is 0 Å². The molecule has 0 unspecified atom stereocenters. The molecule has 0 aliphatic heterocycles. The van der Waals surface area contributed by atoms with E-state index in [1.807, 2.05) is 18.2 Å². The highest BCUT2D eigenvalue weighted by atomic mass is 79.9. The van der Waals surface area contributed by atoms with Crippen molar-refractivity contribution in [2.24, 2.45) is 0 Å². The molecule has 0 amide bonds. The Hall–Kier alpha value is -3.22. The number of rotatable bonds is 2. The highest BCUT2D eigenvalue weighted by molar-refractivity contribution is 9.10. The number of hydrogen-bond donors (Lipinski definition) is 2. The normalized spacial score (nSPS) is 9.72. The third kappa shape index (κ3) is 8.14. The minimum Gasteiger partial charge on any atom is -0.423 e. The smallest absolute Gasteiger partial charge is 0.423 e. The Bertz CT molecular complexity index is 1130. The van der Waals surface area contributed by atoms with Crippen LogP contribution >= 0.6 is 15.9 Å². The molecule has 0 saturated heterocycles. The van der Waals surface area contributed by atoms with Gasteiger partial charge in [0.05, 0.1) is 11.3 Å². The SMILES string of the molecule is Brc1ccccn1.Fc1ccc(-c2ccccn2)c(F)n1.OB(O)c1ccc(F)nc1F. The lowest BCUT2D eigenvalue weighted by molar-refractivity contribution is 0.420. The van der Waals surface area contributed by atoms with Gasteiger partial charge in [-0.25, -0.2) is 4.98 Å². The Morgan fingerprint density at radius 3 is 1.72 bits per heavy atom. The standard InChI is InChI=1S/C10H6F2N2.C5H4BF2NO2.C5H4BrN/c11-9-5-4-7(10(12)14-9)8-3-1-2-6-13-8;7-4-2-1-3(6(10)11)5(8)9-4;6-5-3-1-2-4-7-5/h1-6H;1-2,10-11H;1-4H. The van der Waals surface area contributed by atoms with Crippen LogP contribution in [0.5, 0.6) is 0 Å². The Labute approximate surface area is 189 Å². The van der Waals surface area contributed by atoms with E-state index in [4.69, 9.17) is 10.0 Å². The first-order valence-corrected chi connectivity index (χ1v) is 9.55. The van der Waals surface area contributed by atoms with Gasteiger partial charge in [-0.1, -0.05) is 18.2 Å². The van der Waals surface area contributed by atoms with Crippen molar-refractivity contribution in [3.63, 3.8) is 0 Å². The van der Waals surface area contributed by atoms with Gasteiger partial charge >= 0.3 is 7.12 Å². The van der Waals surface area contributed by atoms with Crippen LogP contribution in [0.2, 0.25) is 0 Å². The molecule has 2 N–H and O–H groups in total. The van der Waals surface area contributed by atoms with Gasteiger partial charge in [-0.15, -0.1) is 0 Å². The van der Waals surface area contributed by atoms with Crippen molar-refractivity contribution >= 4 is 28.5 Å². The average Bonchev–Trinajstić information content (AvgIpc) is 2.75. The number of halogens is 5. The highest BCUT2D eigenvalue weighted by Gasteiger charge is 2.17. The summed E-state index contributed by atoms with van der Waals surface area (Å²) in [4.78, 5) is 13.7. The first kappa shape index (κ1) is 25.0. The fraction of sp³-hybridized carbons (Fsp3) is 0. The molecule has 0 aromatic carbocycles.